The van der Waals surface area contributed by atoms with Gasteiger partial charge in [0.25, 0.3) is 5.91 Å². The molecule has 2 aromatic carbocycles. The van der Waals surface area contributed by atoms with Crippen molar-refractivity contribution in [2.45, 2.75) is 44.8 Å². The summed E-state index contributed by atoms with van der Waals surface area (Å²) in [5.74, 6) is -1.71. The number of fused-ring (bicyclic) bond motifs is 2. The van der Waals surface area contributed by atoms with E-state index in [4.69, 9.17) is 15.0 Å². The molecule has 1 aromatic heterocycles. The molecule has 12 heteroatoms. The van der Waals surface area contributed by atoms with E-state index < -0.39 is 30.5 Å². The molecule has 2 atom stereocenters. The second kappa shape index (κ2) is 13.6. The second-order valence-corrected chi connectivity index (χ2v) is 12.6. The first kappa shape index (κ1) is 31.8. The molecule has 242 valence electrons. The van der Waals surface area contributed by atoms with Crippen molar-refractivity contribution < 1.29 is 22.7 Å². The highest BCUT2D eigenvalue weighted by atomic mass is 19.1. The number of amides is 1. The molecule has 0 saturated carbocycles. The fourth-order valence-corrected chi connectivity index (χ4v) is 6.74. The number of hydrogen-bond acceptors (Lipinski definition) is 8. The highest BCUT2D eigenvalue weighted by molar-refractivity contribution is 5.97. The first-order chi connectivity index (χ1) is 22.3. The van der Waals surface area contributed by atoms with Gasteiger partial charge in [-0.15, -0.1) is 0 Å². The third kappa shape index (κ3) is 6.52. The number of halogens is 3. The van der Waals surface area contributed by atoms with Crippen LogP contribution in [0.15, 0.2) is 42.2 Å². The minimum Gasteiger partial charge on any atom is -0.462 e. The Morgan fingerprint density at radius 2 is 1.96 bits per heavy atom. The van der Waals surface area contributed by atoms with Crippen molar-refractivity contribution in [3.05, 3.63) is 64.7 Å². The number of hydrogen-bond donors (Lipinski definition) is 2. The smallest absolute Gasteiger partial charge is 0.317 e. The van der Waals surface area contributed by atoms with E-state index in [9.17, 15) is 13.6 Å². The molecule has 2 fully saturated rings. The third-order valence-corrected chi connectivity index (χ3v) is 9.28. The van der Waals surface area contributed by atoms with Crippen LogP contribution in [0.5, 0.6) is 6.01 Å². The zero-order chi connectivity index (χ0) is 32.3. The number of piperazine rings is 1. The van der Waals surface area contributed by atoms with E-state index in [1.54, 1.807) is 0 Å². The van der Waals surface area contributed by atoms with Gasteiger partial charge in [-0.25, -0.2) is 4.39 Å². The van der Waals surface area contributed by atoms with Crippen LogP contribution in [0.25, 0.3) is 16.8 Å². The number of carbonyl (C=O) groups is 1. The van der Waals surface area contributed by atoms with Crippen LogP contribution in [0, 0.1) is 23.7 Å². The van der Waals surface area contributed by atoms with Crippen LogP contribution in [0.2, 0.25) is 0 Å². The number of carbonyl (C=O) groups excluding carboxylic acids is 1. The van der Waals surface area contributed by atoms with E-state index in [0.29, 0.717) is 38.3 Å². The lowest BCUT2D eigenvalue weighted by Gasteiger charge is -2.32. The van der Waals surface area contributed by atoms with Crippen molar-refractivity contribution in [3.63, 3.8) is 0 Å². The molecule has 0 spiro atoms. The number of nitrogens with zero attached hydrogens (tertiary/aromatic N) is 5. The molecule has 1 amide bonds. The number of nitrogens with one attached hydrogen (secondary N) is 2. The van der Waals surface area contributed by atoms with Gasteiger partial charge in [-0.05, 0) is 36.8 Å². The molecule has 3 aromatic rings. The average molecular weight is 634 g/mol. The summed E-state index contributed by atoms with van der Waals surface area (Å²) in [7, 11) is 0. The maximum atomic E-state index is 15.6. The van der Waals surface area contributed by atoms with Crippen molar-refractivity contribution in [2.24, 2.45) is 5.41 Å². The number of alkyl halides is 2. The Morgan fingerprint density at radius 1 is 1.15 bits per heavy atom. The summed E-state index contributed by atoms with van der Waals surface area (Å²) >= 11 is 0. The van der Waals surface area contributed by atoms with Gasteiger partial charge in [0.05, 0.1) is 43.8 Å². The number of nitriles is 1. The molecule has 0 radical (unpaired) electrons. The van der Waals surface area contributed by atoms with Crippen LogP contribution in [0.3, 0.4) is 0 Å². The summed E-state index contributed by atoms with van der Waals surface area (Å²) in [6.07, 6.45) is 2.16. The number of rotatable bonds is 9. The molecule has 46 heavy (non-hydrogen) atoms. The van der Waals surface area contributed by atoms with Gasteiger partial charge in [0, 0.05) is 72.9 Å². The lowest BCUT2D eigenvalue weighted by Crippen LogP contribution is -2.52. The van der Waals surface area contributed by atoms with E-state index in [2.05, 4.69) is 57.8 Å². The Bertz CT molecular complexity index is 1670. The van der Waals surface area contributed by atoms with E-state index in [-0.39, 0.29) is 56.3 Å². The Morgan fingerprint density at radius 3 is 2.72 bits per heavy atom. The normalized spacial score (nSPS) is 21.2. The lowest BCUT2D eigenvalue weighted by atomic mass is 9.89. The SMILES string of the molecule is Cc1cccc2cccc(N3CCc4c(C=C(F)C(=O)N5CCN[C@@H](CC#N)C5)nc(OC[C@@H]5CC(CF)(CF)CN5)nc4C3)c12. The minimum atomic E-state index is -1.06. The topological polar surface area (TPSA) is 106 Å². The molecule has 9 nitrogen and oxygen atoms in total. The van der Waals surface area contributed by atoms with Crippen LogP contribution >= 0.6 is 0 Å². The molecule has 4 heterocycles. The molecule has 0 unspecified atom stereocenters. The van der Waals surface area contributed by atoms with E-state index in [0.717, 1.165) is 33.7 Å². The number of benzene rings is 2. The lowest BCUT2D eigenvalue weighted by molar-refractivity contribution is -0.129. The maximum Gasteiger partial charge on any atom is 0.317 e. The van der Waals surface area contributed by atoms with Crippen molar-refractivity contribution in [1.29, 1.82) is 5.26 Å². The Balaban J connectivity index is 1.30. The predicted molar refractivity (Wildman–Crippen MR) is 169 cm³/mol. The van der Waals surface area contributed by atoms with E-state index in [1.165, 1.54) is 4.90 Å². The average Bonchev–Trinajstić information content (AvgIpc) is 3.51. The van der Waals surface area contributed by atoms with Crippen molar-refractivity contribution >= 4 is 28.4 Å². The van der Waals surface area contributed by atoms with Crippen LogP contribution in [-0.2, 0) is 17.8 Å². The van der Waals surface area contributed by atoms with Gasteiger partial charge in [0.1, 0.15) is 6.61 Å². The van der Waals surface area contributed by atoms with Crippen molar-refractivity contribution in [3.8, 4) is 12.1 Å². The van der Waals surface area contributed by atoms with E-state index in [1.807, 2.05) is 12.1 Å². The van der Waals surface area contributed by atoms with Crippen LogP contribution in [-0.4, -0.2) is 85.5 Å². The predicted octanol–water partition coefficient (Wildman–Crippen LogP) is 4.19. The zero-order valence-corrected chi connectivity index (χ0v) is 25.9. The number of aryl methyl sites for hydroxylation is 1. The summed E-state index contributed by atoms with van der Waals surface area (Å²) in [5, 5.41) is 17.6. The molecule has 0 aliphatic carbocycles. The molecule has 2 saturated heterocycles. The van der Waals surface area contributed by atoms with Crippen molar-refractivity contribution in [2.75, 3.05) is 57.6 Å². The van der Waals surface area contributed by atoms with Gasteiger partial charge in [0.2, 0.25) is 0 Å². The monoisotopic (exact) mass is 633 g/mol. The highest BCUT2D eigenvalue weighted by Crippen LogP contribution is 2.35. The Hall–Kier alpha value is -4.21. The van der Waals surface area contributed by atoms with Crippen molar-refractivity contribution in [1.82, 2.24) is 25.5 Å². The maximum absolute atomic E-state index is 15.6. The second-order valence-electron chi connectivity index (χ2n) is 12.6. The van der Waals surface area contributed by atoms with Crippen LogP contribution < -0.4 is 20.3 Å². The number of ether oxygens (including phenoxy) is 1. The quantitative estimate of drug-likeness (QED) is 0.338. The summed E-state index contributed by atoms with van der Waals surface area (Å²) in [5.41, 5.74) is 2.82. The highest BCUT2D eigenvalue weighted by Gasteiger charge is 2.40. The Kier molecular flexibility index (Phi) is 9.42. The molecule has 6 rings (SSSR count). The van der Waals surface area contributed by atoms with Gasteiger partial charge in [-0.1, -0.05) is 30.3 Å². The van der Waals surface area contributed by atoms with Crippen LogP contribution in [0.4, 0.5) is 18.9 Å². The van der Waals surface area contributed by atoms with Gasteiger partial charge < -0.3 is 25.2 Å². The van der Waals surface area contributed by atoms with Gasteiger partial charge in [-0.3, -0.25) is 13.6 Å². The molecule has 2 N–H and O–H groups in total. The summed E-state index contributed by atoms with van der Waals surface area (Å²) < 4.78 is 48.7. The van der Waals surface area contributed by atoms with Gasteiger partial charge >= 0.3 is 6.01 Å². The molecular weight excluding hydrogens is 595 g/mol. The first-order valence-corrected chi connectivity index (χ1v) is 15.7. The molecule has 0 bridgehead atoms. The molecule has 3 aliphatic rings. The van der Waals surface area contributed by atoms with Crippen LogP contribution in [0.1, 0.15) is 35.4 Å². The zero-order valence-electron chi connectivity index (χ0n) is 25.9. The van der Waals surface area contributed by atoms with Gasteiger partial charge in [0.15, 0.2) is 5.83 Å². The van der Waals surface area contributed by atoms with E-state index >= 15 is 4.39 Å². The number of aromatic nitrogens is 2. The first-order valence-electron chi connectivity index (χ1n) is 15.7. The fraction of sp³-hybridized carbons (Fsp3) is 0.471. The molecule has 3 aliphatic heterocycles. The fourth-order valence-electron chi connectivity index (χ4n) is 6.74. The summed E-state index contributed by atoms with van der Waals surface area (Å²) in [4.78, 5) is 26.0. The largest absolute Gasteiger partial charge is 0.462 e. The summed E-state index contributed by atoms with van der Waals surface area (Å²) in [6.45, 7) is 2.92. The van der Waals surface area contributed by atoms with Gasteiger partial charge in [-0.2, -0.15) is 15.2 Å². The third-order valence-electron chi connectivity index (χ3n) is 9.28. The number of anilines is 1. The standard InChI is InChI=1S/C34H38F3N7O2/c1-22-4-2-5-23-6-3-7-30(31(22)23)43-12-9-26-28(14-27(37)32(45)44-13-11-39-24(16-44)8-10-38)41-33(42-29(26)17-43)46-18-25-15-34(19-35,20-36)21-40-25/h2-7,14,24-25,39-40H,8-9,11-13,15-21H2,1H3/t24-,25-/m0/s1. The Labute approximate surface area is 266 Å². The minimum absolute atomic E-state index is 0.0113. The summed E-state index contributed by atoms with van der Waals surface area (Å²) in [6, 6.07) is 14.0. The molecular formula is C34H38F3N7O2.